The van der Waals surface area contributed by atoms with Gasteiger partial charge in [0.15, 0.2) is 0 Å². The molecule has 0 amide bonds. The molecule has 0 radical (unpaired) electrons. The topological polar surface area (TPSA) is 29.6 Å². The van der Waals surface area contributed by atoms with Crippen molar-refractivity contribution in [3.63, 3.8) is 0 Å². The van der Waals surface area contributed by atoms with E-state index in [1.807, 2.05) is 28.4 Å². The Morgan fingerprint density at radius 1 is 1.19 bits per heavy atom. The van der Waals surface area contributed by atoms with Crippen LogP contribution in [0, 0.1) is 0 Å². The van der Waals surface area contributed by atoms with Crippen molar-refractivity contribution in [1.82, 2.24) is 4.68 Å². The van der Waals surface area contributed by atoms with Crippen LogP contribution < -0.4 is 4.80 Å². The van der Waals surface area contributed by atoms with Crippen molar-refractivity contribution in [2.75, 3.05) is 6.54 Å². The standard InChI is InChI=1S/C15H13N3S3/c1-2-6-16-15-18(17-9-12-5-8-19-10-12)13(11-21-15)14-4-3-7-20-14/h2-5,7-11H,1,6H2. The molecule has 106 valence electrons. The molecule has 0 N–H and O–H groups in total. The van der Waals surface area contributed by atoms with Gasteiger partial charge in [-0.05, 0) is 28.3 Å². The lowest BCUT2D eigenvalue weighted by atomic mass is 10.4. The Labute approximate surface area is 134 Å². The van der Waals surface area contributed by atoms with Crippen LogP contribution in [0.1, 0.15) is 5.56 Å². The third-order valence-electron chi connectivity index (χ3n) is 2.68. The molecular weight excluding hydrogens is 318 g/mol. The molecule has 3 nitrogen and oxygen atoms in total. The van der Waals surface area contributed by atoms with E-state index in [0.29, 0.717) is 6.54 Å². The van der Waals surface area contributed by atoms with E-state index in [0.717, 1.165) is 16.1 Å². The van der Waals surface area contributed by atoms with E-state index in [4.69, 9.17) is 0 Å². The maximum absolute atomic E-state index is 4.60. The second kappa shape index (κ2) is 6.80. The van der Waals surface area contributed by atoms with Gasteiger partial charge in [0, 0.05) is 10.9 Å². The third-order valence-corrected chi connectivity index (χ3v) is 5.13. The summed E-state index contributed by atoms with van der Waals surface area (Å²) >= 11 is 4.96. The number of rotatable bonds is 5. The van der Waals surface area contributed by atoms with Gasteiger partial charge >= 0.3 is 0 Å². The van der Waals surface area contributed by atoms with E-state index < -0.39 is 0 Å². The maximum Gasteiger partial charge on any atom is 0.206 e. The zero-order valence-corrected chi connectivity index (χ0v) is 13.6. The second-order valence-electron chi connectivity index (χ2n) is 4.12. The molecule has 0 aliphatic carbocycles. The average molecular weight is 331 g/mol. The summed E-state index contributed by atoms with van der Waals surface area (Å²) in [5.41, 5.74) is 2.18. The maximum atomic E-state index is 4.60. The van der Waals surface area contributed by atoms with Gasteiger partial charge in [-0.2, -0.15) is 16.4 Å². The van der Waals surface area contributed by atoms with Crippen molar-refractivity contribution in [1.29, 1.82) is 0 Å². The van der Waals surface area contributed by atoms with Gasteiger partial charge in [0.05, 0.1) is 23.3 Å². The lowest BCUT2D eigenvalue weighted by Crippen LogP contribution is -2.12. The van der Waals surface area contributed by atoms with Gasteiger partial charge in [-0.3, -0.25) is 4.99 Å². The average Bonchev–Trinajstić information content (AvgIpc) is 3.22. The monoisotopic (exact) mass is 331 g/mol. The Morgan fingerprint density at radius 3 is 2.86 bits per heavy atom. The van der Waals surface area contributed by atoms with Gasteiger partial charge in [0.25, 0.3) is 0 Å². The Kier molecular flexibility index (Phi) is 4.59. The normalized spacial score (nSPS) is 12.3. The molecule has 0 aliphatic rings. The fourth-order valence-electron chi connectivity index (χ4n) is 1.73. The molecule has 3 rings (SSSR count). The number of hydrogen-bond donors (Lipinski definition) is 0. The lowest BCUT2D eigenvalue weighted by Gasteiger charge is -2.00. The summed E-state index contributed by atoms with van der Waals surface area (Å²) in [4.78, 5) is 6.58. The van der Waals surface area contributed by atoms with Gasteiger partial charge in [0.1, 0.15) is 0 Å². The highest BCUT2D eigenvalue weighted by molar-refractivity contribution is 7.14. The van der Waals surface area contributed by atoms with Crippen LogP contribution in [0.5, 0.6) is 0 Å². The smallest absolute Gasteiger partial charge is 0.206 e. The first-order valence-corrected chi connectivity index (χ1v) is 9.01. The highest BCUT2D eigenvalue weighted by atomic mass is 32.1. The molecule has 3 aromatic heterocycles. The summed E-state index contributed by atoms with van der Waals surface area (Å²) < 4.78 is 1.90. The first-order chi connectivity index (χ1) is 10.4. The number of aromatic nitrogens is 1. The number of thiophene rings is 2. The molecule has 0 aromatic carbocycles. The molecule has 0 saturated heterocycles. The predicted molar refractivity (Wildman–Crippen MR) is 93.6 cm³/mol. The number of hydrogen-bond acceptors (Lipinski definition) is 5. The molecule has 0 fully saturated rings. The molecule has 3 aromatic rings. The van der Waals surface area contributed by atoms with Gasteiger partial charge in [0.2, 0.25) is 4.80 Å². The van der Waals surface area contributed by atoms with E-state index in [9.17, 15) is 0 Å². The van der Waals surface area contributed by atoms with Crippen LogP contribution in [0.3, 0.4) is 0 Å². The number of nitrogens with zero attached hydrogens (tertiary/aromatic N) is 3. The SMILES string of the molecule is C=CCN=c1scc(-c2cccs2)n1N=Cc1ccsc1. The van der Waals surface area contributed by atoms with E-state index in [1.54, 1.807) is 40.1 Å². The van der Waals surface area contributed by atoms with Crippen LogP contribution in [0.25, 0.3) is 10.6 Å². The second-order valence-corrected chi connectivity index (χ2v) is 6.69. The summed E-state index contributed by atoms with van der Waals surface area (Å²) in [6, 6.07) is 6.19. The molecule has 0 spiro atoms. The Hall–Kier alpha value is -1.76. The molecule has 21 heavy (non-hydrogen) atoms. The third kappa shape index (κ3) is 3.29. The minimum Gasteiger partial charge on any atom is -0.253 e. The van der Waals surface area contributed by atoms with Crippen molar-refractivity contribution in [3.8, 4) is 10.6 Å². The first-order valence-electron chi connectivity index (χ1n) is 6.31. The summed E-state index contributed by atoms with van der Waals surface area (Å²) in [5, 5.41) is 12.9. The first kappa shape index (κ1) is 14.2. The lowest BCUT2D eigenvalue weighted by molar-refractivity contribution is 0.842. The zero-order chi connectivity index (χ0) is 14.5. The highest BCUT2D eigenvalue weighted by Crippen LogP contribution is 2.25. The highest BCUT2D eigenvalue weighted by Gasteiger charge is 2.07. The zero-order valence-electron chi connectivity index (χ0n) is 11.2. The predicted octanol–water partition coefficient (Wildman–Crippen LogP) is 4.31. The van der Waals surface area contributed by atoms with Crippen molar-refractivity contribution in [3.05, 3.63) is 62.7 Å². The summed E-state index contributed by atoms with van der Waals surface area (Å²) in [7, 11) is 0. The Bertz CT molecular complexity index is 790. The van der Waals surface area contributed by atoms with Crippen molar-refractivity contribution in [2.24, 2.45) is 10.1 Å². The molecule has 0 saturated carbocycles. The Balaban J connectivity index is 2.06. The molecule has 0 aliphatic heterocycles. The fourth-order valence-corrected chi connectivity index (χ4v) is 3.98. The van der Waals surface area contributed by atoms with Gasteiger partial charge < -0.3 is 0 Å². The van der Waals surface area contributed by atoms with E-state index >= 15 is 0 Å². The minimum absolute atomic E-state index is 0.596. The summed E-state index contributed by atoms with van der Waals surface area (Å²) in [5.74, 6) is 0. The minimum atomic E-state index is 0.596. The van der Waals surface area contributed by atoms with Crippen LogP contribution in [0.4, 0.5) is 0 Å². The molecule has 0 unspecified atom stereocenters. The van der Waals surface area contributed by atoms with Crippen molar-refractivity contribution >= 4 is 40.2 Å². The van der Waals surface area contributed by atoms with Crippen LogP contribution in [0.15, 0.2) is 62.5 Å². The van der Waals surface area contributed by atoms with Gasteiger partial charge in [-0.25, -0.2) is 4.68 Å². The molecule has 0 atom stereocenters. The van der Waals surface area contributed by atoms with Crippen molar-refractivity contribution in [2.45, 2.75) is 0 Å². The Morgan fingerprint density at radius 2 is 2.14 bits per heavy atom. The van der Waals surface area contributed by atoms with Crippen LogP contribution in [-0.4, -0.2) is 17.4 Å². The quantitative estimate of drug-likeness (QED) is 0.493. The number of thiazole rings is 1. The van der Waals surface area contributed by atoms with E-state index in [2.05, 4.69) is 38.9 Å². The summed E-state index contributed by atoms with van der Waals surface area (Å²) in [6.45, 7) is 4.31. The molecular formula is C15H13N3S3. The van der Waals surface area contributed by atoms with Crippen molar-refractivity contribution < 1.29 is 0 Å². The van der Waals surface area contributed by atoms with Crippen LogP contribution in [0.2, 0.25) is 0 Å². The van der Waals surface area contributed by atoms with E-state index in [-0.39, 0.29) is 0 Å². The van der Waals surface area contributed by atoms with E-state index in [1.165, 1.54) is 4.88 Å². The molecule has 0 bridgehead atoms. The molecule has 6 heteroatoms. The van der Waals surface area contributed by atoms with Gasteiger partial charge in [-0.1, -0.05) is 12.1 Å². The molecule has 3 heterocycles. The largest absolute Gasteiger partial charge is 0.253 e. The van der Waals surface area contributed by atoms with Crippen LogP contribution >= 0.6 is 34.0 Å². The van der Waals surface area contributed by atoms with Crippen LogP contribution in [-0.2, 0) is 0 Å². The van der Waals surface area contributed by atoms with Gasteiger partial charge in [-0.15, -0.1) is 29.3 Å². The summed E-state index contributed by atoms with van der Waals surface area (Å²) in [6.07, 6.45) is 3.66. The fraction of sp³-hybridized carbons (Fsp3) is 0.0667.